The minimum Gasteiger partial charge on any atom is -0.482 e. The molecule has 0 bridgehead atoms. The highest BCUT2D eigenvalue weighted by Gasteiger charge is 2.27. The minimum absolute atomic E-state index is 0.0538. The van der Waals surface area contributed by atoms with Crippen molar-refractivity contribution in [2.45, 2.75) is 6.54 Å². The van der Waals surface area contributed by atoms with E-state index in [0.717, 1.165) is 19.7 Å². The van der Waals surface area contributed by atoms with E-state index in [1.165, 1.54) is 4.90 Å². The van der Waals surface area contributed by atoms with E-state index in [9.17, 15) is 9.59 Å². The molecule has 0 spiro atoms. The van der Waals surface area contributed by atoms with Crippen LogP contribution in [0.2, 0.25) is 0 Å². The van der Waals surface area contributed by atoms with Crippen molar-refractivity contribution >= 4 is 55.0 Å². The van der Waals surface area contributed by atoms with Gasteiger partial charge in [0.05, 0.1) is 22.4 Å². The molecule has 0 unspecified atom stereocenters. The SMILES string of the molecule is O=C(CN1C(=O)COc2cc(Br)ccc21)NCc1nc2ccccc2s1. The number of para-hydroxylation sites is 1. The molecule has 1 aliphatic heterocycles. The number of anilines is 1. The standard InChI is InChI=1S/C18H14BrN3O3S/c19-11-5-6-13-14(7-11)25-10-18(24)22(13)9-16(23)20-8-17-21-12-3-1-2-4-15(12)26-17/h1-7H,8-10H2,(H,20,23). The topological polar surface area (TPSA) is 71.5 Å². The van der Waals surface area contributed by atoms with Crippen molar-refractivity contribution in [2.75, 3.05) is 18.1 Å². The second kappa shape index (κ2) is 7.05. The van der Waals surface area contributed by atoms with Gasteiger partial charge in [-0.15, -0.1) is 11.3 Å². The van der Waals surface area contributed by atoms with Gasteiger partial charge in [-0.3, -0.25) is 14.5 Å². The summed E-state index contributed by atoms with van der Waals surface area (Å²) in [7, 11) is 0. The highest BCUT2D eigenvalue weighted by molar-refractivity contribution is 9.10. The number of benzene rings is 2. The normalized spacial score (nSPS) is 13.4. The van der Waals surface area contributed by atoms with Gasteiger partial charge in [0, 0.05) is 4.47 Å². The largest absolute Gasteiger partial charge is 0.482 e. The maximum absolute atomic E-state index is 12.3. The number of ether oxygens (including phenoxy) is 1. The number of aromatic nitrogens is 1. The molecule has 1 aromatic heterocycles. The Morgan fingerprint density at radius 3 is 3.00 bits per heavy atom. The van der Waals surface area contributed by atoms with Crippen LogP contribution in [0.25, 0.3) is 10.2 Å². The van der Waals surface area contributed by atoms with E-state index in [0.29, 0.717) is 18.0 Å². The number of amides is 2. The van der Waals surface area contributed by atoms with Gasteiger partial charge in [-0.1, -0.05) is 28.1 Å². The van der Waals surface area contributed by atoms with E-state index in [2.05, 4.69) is 26.2 Å². The van der Waals surface area contributed by atoms with Crippen LogP contribution >= 0.6 is 27.3 Å². The predicted octanol–water partition coefficient (Wildman–Crippen LogP) is 3.10. The van der Waals surface area contributed by atoms with Crippen molar-refractivity contribution in [3.8, 4) is 5.75 Å². The molecule has 1 N–H and O–H groups in total. The van der Waals surface area contributed by atoms with Crippen LogP contribution in [-0.4, -0.2) is 29.9 Å². The Bertz CT molecular complexity index is 971. The lowest BCUT2D eigenvalue weighted by Crippen LogP contribution is -2.45. The number of thiazole rings is 1. The van der Waals surface area contributed by atoms with Gasteiger partial charge < -0.3 is 10.1 Å². The summed E-state index contributed by atoms with van der Waals surface area (Å²) < 4.78 is 7.37. The number of fused-ring (bicyclic) bond motifs is 2. The Hall–Kier alpha value is -2.45. The van der Waals surface area contributed by atoms with E-state index < -0.39 is 0 Å². The Kier molecular flexibility index (Phi) is 4.60. The monoisotopic (exact) mass is 431 g/mol. The van der Waals surface area contributed by atoms with Crippen LogP contribution in [0.15, 0.2) is 46.9 Å². The third-order valence-corrected chi connectivity index (χ3v) is 5.47. The molecule has 0 aliphatic carbocycles. The molecule has 0 saturated carbocycles. The van der Waals surface area contributed by atoms with Gasteiger partial charge in [0.1, 0.15) is 17.3 Å². The van der Waals surface area contributed by atoms with Gasteiger partial charge in [0.25, 0.3) is 5.91 Å². The third-order valence-electron chi connectivity index (χ3n) is 3.94. The van der Waals surface area contributed by atoms with Gasteiger partial charge >= 0.3 is 0 Å². The number of carbonyl (C=O) groups is 2. The lowest BCUT2D eigenvalue weighted by Gasteiger charge is -2.28. The number of rotatable bonds is 4. The van der Waals surface area contributed by atoms with Crippen molar-refractivity contribution < 1.29 is 14.3 Å². The average Bonchev–Trinajstić information content (AvgIpc) is 3.05. The molecule has 3 aromatic rings. The fourth-order valence-electron chi connectivity index (χ4n) is 2.72. The van der Waals surface area contributed by atoms with Crippen LogP contribution < -0.4 is 15.0 Å². The molecule has 2 heterocycles. The minimum atomic E-state index is -0.242. The number of halogens is 1. The van der Waals surface area contributed by atoms with Gasteiger partial charge in [0.15, 0.2) is 6.61 Å². The highest BCUT2D eigenvalue weighted by atomic mass is 79.9. The van der Waals surface area contributed by atoms with Gasteiger partial charge in [-0.05, 0) is 30.3 Å². The van der Waals surface area contributed by atoms with Gasteiger partial charge in [-0.2, -0.15) is 0 Å². The number of nitrogens with one attached hydrogen (secondary N) is 1. The lowest BCUT2D eigenvalue weighted by atomic mass is 10.2. The van der Waals surface area contributed by atoms with Crippen molar-refractivity contribution in [1.82, 2.24) is 10.3 Å². The molecule has 26 heavy (non-hydrogen) atoms. The summed E-state index contributed by atoms with van der Waals surface area (Å²) in [4.78, 5) is 30.4. The van der Waals surface area contributed by atoms with Crippen LogP contribution in [0.4, 0.5) is 5.69 Å². The second-order valence-corrected chi connectivity index (χ2v) is 7.76. The molecule has 0 saturated heterocycles. The average molecular weight is 432 g/mol. The van der Waals surface area contributed by atoms with Crippen molar-refractivity contribution in [1.29, 1.82) is 0 Å². The first kappa shape index (κ1) is 17.0. The number of nitrogens with zero attached hydrogens (tertiary/aromatic N) is 2. The molecule has 2 aromatic carbocycles. The summed E-state index contributed by atoms with van der Waals surface area (Å²) in [5, 5.41) is 3.67. The van der Waals surface area contributed by atoms with E-state index in [1.54, 1.807) is 23.5 Å². The Morgan fingerprint density at radius 1 is 1.31 bits per heavy atom. The first-order valence-corrected chi connectivity index (χ1v) is 9.55. The second-order valence-electron chi connectivity index (χ2n) is 5.73. The van der Waals surface area contributed by atoms with Crippen LogP contribution in [0, 0.1) is 0 Å². The first-order valence-electron chi connectivity index (χ1n) is 7.94. The molecule has 0 atom stereocenters. The maximum atomic E-state index is 12.3. The Morgan fingerprint density at radius 2 is 2.15 bits per heavy atom. The molecular formula is C18H14BrN3O3S. The highest BCUT2D eigenvalue weighted by Crippen LogP contribution is 2.34. The fourth-order valence-corrected chi connectivity index (χ4v) is 3.97. The van der Waals surface area contributed by atoms with E-state index in [1.807, 2.05) is 30.3 Å². The van der Waals surface area contributed by atoms with Crippen LogP contribution in [0.5, 0.6) is 5.75 Å². The molecule has 8 heteroatoms. The molecule has 6 nitrogen and oxygen atoms in total. The van der Waals surface area contributed by atoms with Crippen LogP contribution in [-0.2, 0) is 16.1 Å². The molecule has 4 rings (SSSR count). The quantitative estimate of drug-likeness (QED) is 0.688. The van der Waals surface area contributed by atoms with Gasteiger partial charge in [0.2, 0.25) is 5.91 Å². The number of hydrogen-bond donors (Lipinski definition) is 1. The van der Waals surface area contributed by atoms with Crippen molar-refractivity contribution in [3.63, 3.8) is 0 Å². The summed E-state index contributed by atoms with van der Waals surface area (Å²) in [5.41, 5.74) is 1.52. The van der Waals surface area contributed by atoms with Gasteiger partial charge in [-0.25, -0.2) is 4.98 Å². The summed E-state index contributed by atoms with van der Waals surface area (Å²) in [5.74, 6) is 0.0984. The van der Waals surface area contributed by atoms with Crippen molar-refractivity contribution in [3.05, 3.63) is 51.9 Å². The maximum Gasteiger partial charge on any atom is 0.265 e. The molecule has 2 amide bonds. The van der Waals surface area contributed by atoms with Crippen LogP contribution in [0.1, 0.15) is 5.01 Å². The van der Waals surface area contributed by atoms with E-state index in [-0.39, 0.29) is 25.0 Å². The zero-order valence-electron chi connectivity index (χ0n) is 13.6. The summed E-state index contributed by atoms with van der Waals surface area (Å²) in [6.07, 6.45) is 0. The Balaban J connectivity index is 1.44. The molecule has 132 valence electrons. The van der Waals surface area contributed by atoms with Crippen molar-refractivity contribution in [2.24, 2.45) is 0 Å². The number of hydrogen-bond acceptors (Lipinski definition) is 5. The zero-order chi connectivity index (χ0) is 18.1. The Labute approximate surface area is 161 Å². The van der Waals surface area contributed by atoms with E-state index >= 15 is 0 Å². The molecule has 0 radical (unpaired) electrons. The lowest BCUT2D eigenvalue weighted by molar-refractivity contribution is -0.125. The smallest absolute Gasteiger partial charge is 0.265 e. The fraction of sp³-hybridized carbons (Fsp3) is 0.167. The predicted molar refractivity (Wildman–Crippen MR) is 103 cm³/mol. The summed E-state index contributed by atoms with van der Waals surface area (Å²) in [6.45, 7) is 0.209. The summed E-state index contributed by atoms with van der Waals surface area (Å²) in [6, 6.07) is 13.2. The molecular weight excluding hydrogens is 418 g/mol. The molecule has 0 fully saturated rings. The first-order chi connectivity index (χ1) is 12.6. The molecule has 1 aliphatic rings. The number of carbonyl (C=O) groups excluding carboxylic acids is 2. The van der Waals surface area contributed by atoms with Crippen LogP contribution in [0.3, 0.4) is 0 Å². The third kappa shape index (κ3) is 3.42. The summed E-state index contributed by atoms with van der Waals surface area (Å²) >= 11 is 4.92. The van der Waals surface area contributed by atoms with E-state index in [4.69, 9.17) is 4.74 Å². The zero-order valence-corrected chi connectivity index (χ0v) is 16.0.